The summed E-state index contributed by atoms with van der Waals surface area (Å²) in [6, 6.07) is 73.0. The SMILES string of the molecule is c1ccc(-c2ccccc2N(c2ccc(-c3cc4ccc5ccccc5c4c4ccccc34)cc2)c2ccc3ccc4ccccc4c3c2)cc1. The highest BCUT2D eigenvalue weighted by Gasteiger charge is 2.19. The summed E-state index contributed by atoms with van der Waals surface area (Å²) in [5.74, 6) is 0. The van der Waals surface area contributed by atoms with Crippen LogP contribution in [0.5, 0.6) is 0 Å². The summed E-state index contributed by atoms with van der Waals surface area (Å²) in [7, 11) is 0. The van der Waals surface area contributed by atoms with Gasteiger partial charge in [-0.3, -0.25) is 0 Å². The lowest BCUT2D eigenvalue weighted by molar-refractivity contribution is 1.29. The molecular formula is C50H33N. The molecule has 0 amide bonds. The molecule has 0 bridgehead atoms. The molecule has 0 spiro atoms. The number of fused-ring (bicyclic) bond motifs is 8. The normalized spacial score (nSPS) is 11.5. The number of rotatable bonds is 5. The van der Waals surface area contributed by atoms with Crippen molar-refractivity contribution in [2.24, 2.45) is 0 Å². The van der Waals surface area contributed by atoms with E-state index in [2.05, 4.69) is 205 Å². The third-order valence-electron chi connectivity index (χ3n) is 10.4. The quantitative estimate of drug-likeness (QED) is 0.168. The Balaban J connectivity index is 1.17. The summed E-state index contributed by atoms with van der Waals surface area (Å²) in [5, 5.41) is 12.7. The minimum atomic E-state index is 1.11. The monoisotopic (exact) mass is 647 g/mol. The van der Waals surface area contributed by atoms with E-state index < -0.39 is 0 Å². The molecular weight excluding hydrogens is 615 g/mol. The Morgan fingerprint density at radius 1 is 0.275 bits per heavy atom. The average molecular weight is 648 g/mol. The fourth-order valence-electron chi connectivity index (χ4n) is 7.99. The Bertz CT molecular complexity index is 2900. The van der Waals surface area contributed by atoms with Crippen LogP contribution in [0.2, 0.25) is 0 Å². The first kappa shape index (κ1) is 29.2. The zero-order chi connectivity index (χ0) is 33.7. The molecule has 0 radical (unpaired) electrons. The largest absolute Gasteiger partial charge is 0.310 e. The first-order valence-electron chi connectivity index (χ1n) is 17.6. The number of hydrogen-bond acceptors (Lipinski definition) is 1. The third kappa shape index (κ3) is 4.94. The van der Waals surface area contributed by atoms with E-state index in [0.717, 1.165) is 17.1 Å². The van der Waals surface area contributed by atoms with Crippen LogP contribution >= 0.6 is 0 Å². The third-order valence-corrected chi connectivity index (χ3v) is 10.4. The van der Waals surface area contributed by atoms with Crippen LogP contribution in [0.15, 0.2) is 200 Å². The van der Waals surface area contributed by atoms with Crippen LogP contribution in [0, 0.1) is 0 Å². The Hall–Kier alpha value is -6.70. The second kappa shape index (κ2) is 12.0. The molecule has 0 saturated heterocycles. The van der Waals surface area contributed by atoms with Gasteiger partial charge in [0, 0.05) is 16.9 Å². The molecule has 0 heterocycles. The zero-order valence-corrected chi connectivity index (χ0v) is 28.0. The van der Waals surface area contributed by atoms with Crippen molar-refractivity contribution in [3.8, 4) is 22.3 Å². The molecule has 1 nitrogen and oxygen atoms in total. The topological polar surface area (TPSA) is 3.24 Å². The number of nitrogens with zero attached hydrogens (tertiary/aromatic N) is 1. The Kier molecular flexibility index (Phi) is 6.89. The molecule has 0 aromatic heterocycles. The van der Waals surface area contributed by atoms with Crippen LogP contribution in [-0.4, -0.2) is 0 Å². The van der Waals surface area contributed by atoms with E-state index in [0.29, 0.717) is 0 Å². The van der Waals surface area contributed by atoms with E-state index in [9.17, 15) is 0 Å². The molecule has 1 heteroatoms. The van der Waals surface area contributed by atoms with Crippen LogP contribution in [0.4, 0.5) is 17.1 Å². The molecule has 0 saturated carbocycles. The first-order chi connectivity index (χ1) is 25.3. The molecule has 10 aromatic rings. The van der Waals surface area contributed by atoms with Gasteiger partial charge in [0.25, 0.3) is 0 Å². The Morgan fingerprint density at radius 3 is 1.59 bits per heavy atom. The van der Waals surface area contributed by atoms with Crippen LogP contribution in [0.25, 0.3) is 76.1 Å². The van der Waals surface area contributed by atoms with Gasteiger partial charge in [-0.25, -0.2) is 0 Å². The molecule has 0 aliphatic carbocycles. The van der Waals surface area contributed by atoms with Crippen molar-refractivity contribution in [2.75, 3.05) is 4.90 Å². The highest BCUT2D eigenvalue weighted by atomic mass is 15.1. The van der Waals surface area contributed by atoms with Crippen molar-refractivity contribution in [1.82, 2.24) is 0 Å². The van der Waals surface area contributed by atoms with Crippen molar-refractivity contribution in [1.29, 1.82) is 0 Å². The molecule has 0 unspecified atom stereocenters. The van der Waals surface area contributed by atoms with E-state index in [1.807, 2.05) is 0 Å². The highest BCUT2D eigenvalue weighted by molar-refractivity contribution is 6.23. The maximum Gasteiger partial charge on any atom is 0.0540 e. The predicted octanol–water partition coefficient (Wildman–Crippen LogP) is 14.3. The number of anilines is 3. The zero-order valence-electron chi connectivity index (χ0n) is 28.0. The van der Waals surface area contributed by atoms with Gasteiger partial charge < -0.3 is 4.90 Å². The molecule has 0 aliphatic heterocycles. The predicted molar refractivity (Wildman–Crippen MR) is 220 cm³/mol. The highest BCUT2D eigenvalue weighted by Crippen LogP contribution is 2.44. The molecule has 0 N–H and O–H groups in total. The summed E-state index contributed by atoms with van der Waals surface area (Å²) in [4.78, 5) is 2.41. The van der Waals surface area contributed by atoms with Gasteiger partial charge in [0.2, 0.25) is 0 Å². The van der Waals surface area contributed by atoms with Gasteiger partial charge in [0.15, 0.2) is 0 Å². The van der Waals surface area contributed by atoms with Crippen molar-refractivity contribution < 1.29 is 0 Å². The van der Waals surface area contributed by atoms with Gasteiger partial charge in [-0.2, -0.15) is 0 Å². The summed E-state index contributed by atoms with van der Waals surface area (Å²) in [6.45, 7) is 0. The van der Waals surface area contributed by atoms with Crippen LogP contribution in [0.1, 0.15) is 0 Å². The standard InChI is InChI=1S/C50H33N/c1-2-12-34(13-3-1)43-17-10-11-21-49(43)51(41-31-28-37-23-22-35-14-4-6-16-42(35)48(37)33-41)40-29-26-38(27-30-40)47-32-39-25-24-36-15-5-7-18-44(36)50(39)46-20-9-8-19-45(46)47/h1-33H. The Morgan fingerprint density at radius 2 is 0.804 bits per heavy atom. The van der Waals surface area contributed by atoms with E-state index in [1.165, 1.54) is 76.1 Å². The molecule has 0 aliphatic rings. The second-order valence-electron chi connectivity index (χ2n) is 13.3. The number of benzene rings is 10. The van der Waals surface area contributed by atoms with Gasteiger partial charge in [-0.15, -0.1) is 0 Å². The fourth-order valence-corrected chi connectivity index (χ4v) is 7.99. The lowest BCUT2D eigenvalue weighted by Gasteiger charge is -2.28. The van der Waals surface area contributed by atoms with Crippen LogP contribution in [0.3, 0.4) is 0 Å². The minimum Gasteiger partial charge on any atom is -0.310 e. The van der Waals surface area contributed by atoms with Crippen molar-refractivity contribution in [2.45, 2.75) is 0 Å². The van der Waals surface area contributed by atoms with Crippen molar-refractivity contribution >= 4 is 70.9 Å². The number of hydrogen-bond donors (Lipinski definition) is 0. The van der Waals surface area contributed by atoms with E-state index in [1.54, 1.807) is 0 Å². The molecule has 0 atom stereocenters. The second-order valence-corrected chi connectivity index (χ2v) is 13.3. The first-order valence-corrected chi connectivity index (χ1v) is 17.6. The van der Waals surface area contributed by atoms with Crippen molar-refractivity contribution in [3.63, 3.8) is 0 Å². The van der Waals surface area contributed by atoms with Crippen LogP contribution in [-0.2, 0) is 0 Å². The van der Waals surface area contributed by atoms with E-state index >= 15 is 0 Å². The lowest BCUT2D eigenvalue weighted by Crippen LogP contribution is -2.11. The smallest absolute Gasteiger partial charge is 0.0540 e. The van der Waals surface area contributed by atoms with Gasteiger partial charge in [-0.05, 0) is 107 Å². The molecule has 0 fully saturated rings. The summed E-state index contributed by atoms with van der Waals surface area (Å²) in [6.07, 6.45) is 0. The number of para-hydroxylation sites is 1. The molecule has 238 valence electrons. The maximum absolute atomic E-state index is 2.41. The van der Waals surface area contributed by atoms with Gasteiger partial charge in [0.1, 0.15) is 0 Å². The maximum atomic E-state index is 2.41. The van der Waals surface area contributed by atoms with Gasteiger partial charge in [-0.1, -0.05) is 164 Å². The Labute approximate surface area is 297 Å². The fraction of sp³-hybridized carbons (Fsp3) is 0. The average Bonchev–Trinajstić information content (AvgIpc) is 3.21. The molecule has 10 aromatic carbocycles. The minimum absolute atomic E-state index is 1.11. The van der Waals surface area contributed by atoms with E-state index in [4.69, 9.17) is 0 Å². The molecule has 10 rings (SSSR count). The van der Waals surface area contributed by atoms with E-state index in [-0.39, 0.29) is 0 Å². The summed E-state index contributed by atoms with van der Waals surface area (Å²) in [5.41, 5.74) is 8.19. The molecule has 51 heavy (non-hydrogen) atoms. The summed E-state index contributed by atoms with van der Waals surface area (Å²) < 4.78 is 0. The summed E-state index contributed by atoms with van der Waals surface area (Å²) >= 11 is 0. The lowest BCUT2D eigenvalue weighted by atomic mass is 9.90. The van der Waals surface area contributed by atoms with Gasteiger partial charge >= 0.3 is 0 Å². The van der Waals surface area contributed by atoms with Crippen molar-refractivity contribution in [3.05, 3.63) is 200 Å². The van der Waals surface area contributed by atoms with Crippen LogP contribution < -0.4 is 4.90 Å². The van der Waals surface area contributed by atoms with Gasteiger partial charge in [0.05, 0.1) is 5.69 Å².